The van der Waals surface area contributed by atoms with E-state index >= 15 is 0 Å². The Morgan fingerprint density at radius 1 is 1.00 bits per heavy atom. The molecule has 4 rings (SSSR count). The quantitative estimate of drug-likeness (QED) is 0.483. The third-order valence-corrected chi connectivity index (χ3v) is 4.53. The van der Waals surface area contributed by atoms with Crippen molar-refractivity contribution in [1.29, 1.82) is 5.26 Å². The van der Waals surface area contributed by atoms with Crippen molar-refractivity contribution in [3.05, 3.63) is 65.4 Å². The van der Waals surface area contributed by atoms with Crippen LogP contribution in [0.15, 0.2) is 53.1 Å². The number of hydrogen-bond donors (Lipinski definition) is 0. The lowest BCUT2D eigenvalue weighted by Gasteiger charge is -2.04. The maximum Gasteiger partial charge on any atom is 0.216 e. The summed E-state index contributed by atoms with van der Waals surface area (Å²) in [6.45, 7) is 4.09. The Morgan fingerprint density at radius 2 is 1.83 bits per heavy atom. The molecule has 3 heteroatoms. The fourth-order valence-electron chi connectivity index (χ4n) is 3.37. The molecule has 0 saturated carbocycles. The fourth-order valence-corrected chi connectivity index (χ4v) is 3.37. The summed E-state index contributed by atoms with van der Waals surface area (Å²) in [6, 6.07) is 16.6. The minimum absolute atomic E-state index is 0.585. The van der Waals surface area contributed by atoms with E-state index < -0.39 is 0 Å². The third kappa shape index (κ3) is 2.00. The van der Waals surface area contributed by atoms with Gasteiger partial charge in [0.1, 0.15) is 18.7 Å². The summed E-state index contributed by atoms with van der Waals surface area (Å²) in [4.78, 5) is 0. The van der Waals surface area contributed by atoms with Gasteiger partial charge in [-0.2, -0.15) is 5.26 Å². The van der Waals surface area contributed by atoms with Crippen LogP contribution < -0.4 is 4.57 Å². The Kier molecular flexibility index (Phi) is 3.14. The van der Waals surface area contributed by atoms with Crippen molar-refractivity contribution in [2.75, 3.05) is 0 Å². The molecule has 0 aliphatic rings. The highest BCUT2D eigenvalue weighted by atomic mass is 16.3. The third-order valence-electron chi connectivity index (χ3n) is 4.53. The summed E-state index contributed by atoms with van der Waals surface area (Å²) in [5, 5.41) is 11.5. The van der Waals surface area contributed by atoms with Gasteiger partial charge in [-0.05, 0) is 43.2 Å². The Hall–Kier alpha value is -3.12. The van der Waals surface area contributed by atoms with Crippen molar-refractivity contribution >= 4 is 21.9 Å². The summed E-state index contributed by atoms with van der Waals surface area (Å²) >= 11 is 0. The predicted octanol–water partition coefficient (Wildman–Crippen LogP) is 4.57. The molecular weight excluding hydrogens is 296 g/mol. The summed E-state index contributed by atoms with van der Waals surface area (Å²) in [7, 11) is 2.03. The van der Waals surface area contributed by atoms with Gasteiger partial charge in [-0.1, -0.05) is 12.1 Å². The van der Waals surface area contributed by atoms with Crippen molar-refractivity contribution < 1.29 is 8.98 Å². The molecule has 0 bridgehead atoms. The van der Waals surface area contributed by atoms with E-state index in [0.717, 1.165) is 38.7 Å². The smallest absolute Gasteiger partial charge is 0.216 e. The zero-order valence-corrected chi connectivity index (χ0v) is 13.9. The van der Waals surface area contributed by atoms with Gasteiger partial charge in [0.05, 0.1) is 11.1 Å². The van der Waals surface area contributed by atoms with Gasteiger partial charge in [0.15, 0.2) is 11.8 Å². The van der Waals surface area contributed by atoms with Crippen molar-refractivity contribution in [1.82, 2.24) is 0 Å². The van der Waals surface area contributed by atoms with E-state index in [-0.39, 0.29) is 0 Å². The molecule has 0 atom stereocenters. The van der Waals surface area contributed by atoms with Crippen molar-refractivity contribution in [2.24, 2.45) is 7.05 Å². The number of pyridine rings is 1. The van der Waals surface area contributed by atoms with Gasteiger partial charge < -0.3 is 4.42 Å². The molecule has 0 fully saturated rings. The normalized spacial score (nSPS) is 11.1. The number of nitriles is 1. The number of aryl methyl sites for hydroxylation is 3. The SMILES string of the molecule is Cc1cc(C#N)c2oc3c(-c4cccc[n+]4C)c(C)ccc3c2c1. The molecule has 2 aromatic heterocycles. The van der Waals surface area contributed by atoms with Crippen molar-refractivity contribution in [3.63, 3.8) is 0 Å². The van der Waals surface area contributed by atoms with Crippen LogP contribution in [0.1, 0.15) is 16.7 Å². The van der Waals surface area contributed by atoms with Crippen LogP contribution in [0.2, 0.25) is 0 Å². The molecule has 0 amide bonds. The molecule has 0 N–H and O–H groups in total. The van der Waals surface area contributed by atoms with Crippen molar-refractivity contribution in [2.45, 2.75) is 13.8 Å². The molecule has 0 radical (unpaired) electrons. The van der Waals surface area contributed by atoms with E-state index in [0.29, 0.717) is 11.1 Å². The van der Waals surface area contributed by atoms with Crippen LogP contribution in [0.4, 0.5) is 0 Å². The second kappa shape index (κ2) is 5.21. The highest BCUT2D eigenvalue weighted by Crippen LogP contribution is 2.38. The highest BCUT2D eigenvalue weighted by Gasteiger charge is 2.21. The molecule has 0 aliphatic carbocycles. The molecule has 4 aromatic rings. The minimum atomic E-state index is 0.585. The fraction of sp³-hybridized carbons (Fsp3) is 0.143. The Bertz CT molecular complexity index is 1150. The molecule has 116 valence electrons. The maximum atomic E-state index is 9.46. The molecule has 0 saturated heterocycles. The van der Waals surface area contributed by atoms with Crippen LogP contribution in [0.5, 0.6) is 0 Å². The second-order valence-corrected chi connectivity index (χ2v) is 6.23. The van der Waals surface area contributed by atoms with E-state index in [4.69, 9.17) is 4.42 Å². The number of fused-ring (bicyclic) bond motifs is 3. The van der Waals surface area contributed by atoms with Gasteiger partial charge in [0.25, 0.3) is 0 Å². The monoisotopic (exact) mass is 313 g/mol. The van der Waals surface area contributed by atoms with Gasteiger partial charge in [0, 0.05) is 22.9 Å². The second-order valence-electron chi connectivity index (χ2n) is 6.23. The molecule has 24 heavy (non-hydrogen) atoms. The van der Waals surface area contributed by atoms with Gasteiger partial charge in [-0.15, -0.1) is 0 Å². The van der Waals surface area contributed by atoms with E-state index in [1.807, 2.05) is 38.4 Å². The van der Waals surface area contributed by atoms with Crippen molar-refractivity contribution in [3.8, 4) is 17.3 Å². The number of furan rings is 1. The van der Waals surface area contributed by atoms with Crippen LogP contribution in [0.3, 0.4) is 0 Å². The molecule has 0 spiro atoms. The Morgan fingerprint density at radius 3 is 2.58 bits per heavy atom. The van der Waals surface area contributed by atoms with E-state index in [1.54, 1.807) is 0 Å². The summed E-state index contributed by atoms with van der Waals surface area (Å²) in [5.41, 5.74) is 6.48. The maximum absolute atomic E-state index is 9.46. The molecule has 2 aromatic carbocycles. The summed E-state index contributed by atoms with van der Waals surface area (Å²) < 4.78 is 8.30. The predicted molar refractivity (Wildman–Crippen MR) is 94.5 cm³/mol. The van der Waals surface area contributed by atoms with Gasteiger partial charge in [-0.25, -0.2) is 4.57 Å². The van der Waals surface area contributed by atoms with Crippen LogP contribution in [-0.2, 0) is 7.05 Å². The first-order valence-electron chi connectivity index (χ1n) is 7.91. The first-order chi connectivity index (χ1) is 11.6. The Balaban J connectivity index is 2.20. The lowest BCUT2D eigenvalue weighted by molar-refractivity contribution is -0.660. The minimum Gasteiger partial charge on any atom is -0.454 e. The lowest BCUT2D eigenvalue weighted by atomic mass is 9.99. The zero-order valence-electron chi connectivity index (χ0n) is 13.9. The largest absolute Gasteiger partial charge is 0.454 e. The molecular formula is C21H17N2O+. The number of benzene rings is 2. The first-order valence-corrected chi connectivity index (χ1v) is 7.91. The lowest BCUT2D eigenvalue weighted by Crippen LogP contribution is -2.30. The van der Waals surface area contributed by atoms with Gasteiger partial charge >= 0.3 is 0 Å². The number of rotatable bonds is 1. The van der Waals surface area contributed by atoms with E-state index in [1.165, 1.54) is 0 Å². The van der Waals surface area contributed by atoms with Crippen LogP contribution >= 0.6 is 0 Å². The topological polar surface area (TPSA) is 40.8 Å². The average molecular weight is 313 g/mol. The molecule has 2 heterocycles. The van der Waals surface area contributed by atoms with E-state index in [9.17, 15) is 5.26 Å². The average Bonchev–Trinajstić information content (AvgIpc) is 2.93. The summed E-state index contributed by atoms with van der Waals surface area (Å²) in [6.07, 6.45) is 2.03. The molecule has 0 unspecified atom stereocenters. The Labute approximate surface area is 140 Å². The number of aromatic nitrogens is 1. The zero-order chi connectivity index (χ0) is 16.8. The number of hydrogen-bond acceptors (Lipinski definition) is 2. The highest BCUT2D eigenvalue weighted by molar-refractivity contribution is 6.11. The van der Waals surface area contributed by atoms with E-state index in [2.05, 4.69) is 41.8 Å². The van der Waals surface area contributed by atoms with Gasteiger partial charge in [-0.3, -0.25) is 0 Å². The van der Waals surface area contributed by atoms with Crippen LogP contribution in [-0.4, -0.2) is 0 Å². The first kappa shape index (κ1) is 14.5. The number of nitrogens with zero attached hydrogens (tertiary/aromatic N) is 2. The molecule has 0 aliphatic heterocycles. The van der Waals surface area contributed by atoms with Crippen LogP contribution in [0.25, 0.3) is 33.2 Å². The van der Waals surface area contributed by atoms with Crippen LogP contribution in [0, 0.1) is 25.2 Å². The standard InChI is InChI=1S/C21H17N2O/c1-13-10-15(12-22)20-17(11-13)16-8-7-14(2)19(21(16)24-20)18-6-4-5-9-23(18)3/h4-11H,1-3H3/q+1. The molecule has 3 nitrogen and oxygen atoms in total. The van der Waals surface area contributed by atoms with Gasteiger partial charge in [0.2, 0.25) is 5.69 Å². The summed E-state index contributed by atoms with van der Waals surface area (Å²) in [5.74, 6) is 0.